The van der Waals surface area contributed by atoms with Gasteiger partial charge < -0.3 is 43.0 Å². The number of carbonyl (C=O) groups excluding carboxylic acids is 5. The average molecular weight is 877 g/mol. The van der Waals surface area contributed by atoms with E-state index in [4.69, 9.17) is 11.5 Å². The Morgan fingerprint density at radius 3 is 1.87 bits per heavy atom. The first-order valence-corrected chi connectivity index (χ1v) is 20.7. The van der Waals surface area contributed by atoms with E-state index < -0.39 is 94.8 Å². The highest BCUT2D eigenvalue weighted by Gasteiger charge is 2.35. The highest BCUT2D eigenvalue weighted by Crippen LogP contribution is 2.25. The molecular formula is C45H49F5N8O5. The molecule has 1 aliphatic rings. The Morgan fingerprint density at radius 1 is 0.651 bits per heavy atom. The van der Waals surface area contributed by atoms with Gasteiger partial charge in [-0.15, -0.1) is 0 Å². The summed E-state index contributed by atoms with van der Waals surface area (Å²) in [5, 5.41) is 15.9. The summed E-state index contributed by atoms with van der Waals surface area (Å²) in [5.74, 6) is -16.4. The van der Waals surface area contributed by atoms with E-state index in [-0.39, 0.29) is 31.7 Å². The molecule has 4 atom stereocenters. The molecule has 1 fully saturated rings. The molecule has 0 aliphatic carbocycles. The number of halogens is 5. The van der Waals surface area contributed by atoms with Gasteiger partial charge in [0.2, 0.25) is 35.4 Å². The van der Waals surface area contributed by atoms with E-state index in [2.05, 4.69) is 31.6 Å². The summed E-state index contributed by atoms with van der Waals surface area (Å²) >= 11 is 0. The van der Waals surface area contributed by atoms with Crippen LogP contribution in [0.25, 0.3) is 21.7 Å². The third kappa shape index (κ3) is 11.4. The van der Waals surface area contributed by atoms with E-state index in [1.165, 1.54) is 0 Å². The summed E-state index contributed by atoms with van der Waals surface area (Å²) in [7, 11) is 0. The number of hydrogen-bond donors (Lipinski definition) is 8. The number of para-hydroxylation sites is 1. The number of rotatable bonds is 19. The zero-order valence-corrected chi connectivity index (χ0v) is 34.2. The molecule has 1 aliphatic heterocycles. The van der Waals surface area contributed by atoms with Crippen molar-refractivity contribution in [1.82, 2.24) is 31.6 Å². The standard InChI is InChI=1S/C45H49F5N8O5/c46-36-30(37(47)39(49)40(50)38(36)48)22-35(45(63)55-32(41(52)59)11-5-6-16-51)58-44(62)34(21-28-23-54-31-10-4-3-9-29(28)31)57-43(61)33(56-42(60)26-14-17-53-18-15-26)20-24-12-13-25-7-1-2-8-27(25)19-24/h1-4,7-10,12-13,19,23,26,32-35,53-54H,5-6,11,14-18,20-22,51H2,(H2,52,59)(H,55,63)(H,56,60)(H,57,61)(H,58,62)/t32-,33+,34+,35-/m0/s1. The summed E-state index contributed by atoms with van der Waals surface area (Å²) in [4.78, 5) is 72.0. The van der Waals surface area contributed by atoms with Gasteiger partial charge >= 0.3 is 0 Å². The third-order valence-electron chi connectivity index (χ3n) is 11.3. The van der Waals surface area contributed by atoms with Crippen molar-refractivity contribution < 1.29 is 45.9 Å². The molecular weight excluding hydrogens is 828 g/mol. The number of benzene rings is 4. The molecule has 18 heteroatoms. The Hall–Kier alpha value is -6.40. The molecule has 1 saturated heterocycles. The number of nitrogens with one attached hydrogen (secondary N) is 6. The van der Waals surface area contributed by atoms with Gasteiger partial charge in [0.1, 0.15) is 24.2 Å². The van der Waals surface area contributed by atoms with Crippen LogP contribution in [-0.4, -0.2) is 78.3 Å². The van der Waals surface area contributed by atoms with Gasteiger partial charge in [-0.1, -0.05) is 60.7 Å². The first kappa shape index (κ1) is 46.1. The zero-order chi connectivity index (χ0) is 45.2. The molecule has 334 valence electrons. The molecule has 1 aromatic heterocycles. The van der Waals surface area contributed by atoms with Crippen molar-refractivity contribution in [2.24, 2.45) is 17.4 Å². The molecule has 4 aromatic carbocycles. The topological polar surface area (TPSA) is 213 Å². The minimum absolute atomic E-state index is 0.00125. The van der Waals surface area contributed by atoms with Gasteiger partial charge in [0.05, 0.1) is 0 Å². The number of piperidine rings is 1. The van der Waals surface area contributed by atoms with E-state index in [0.717, 1.165) is 10.8 Å². The van der Waals surface area contributed by atoms with Crippen molar-refractivity contribution in [2.45, 2.75) is 75.5 Å². The van der Waals surface area contributed by atoms with Gasteiger partial charge in [-0.05, 0) is 79.7 Å². The lowest BCUT2D eigenvalue weighted by molar-refractivity contribution is -0.135. The van der Waals surface area contributed by atoms with E-state index in [1.807, 2.05) is 42.5 Å². The van der Waals surface area contributed by atoms with Crippen molar-refractivity contribution in [3.8, 4) is 0 Å². The lowest BCUT2D eigenvalue weighted by atomic mass is 9.95. The first-order chi connectivity index (χ1) is 30.2. The highest BCUT2D eigenvalue weighted by atomic mass is 19.2. The summed E-state index contributed by atoms with van der Waals surface area (Å²) in [5.41, 5.74) is 11.5. The van der Waals surface area contributed by atoms with Crippen LogP contribution >= 0.6 is 0 Å². The fraction of sp³-hybridized carbons (Fsp3) is 0.356. The Labute approximate surface area is 359 Å². The van der Waals surface area contributed by atoms with E-state index in [0.29, 0.717) is 60.8 Å². The van der Waals surface area contributed by atoms with Crippen LogP contribution in [0.1, 0.15) is 48.8 Å². The Balaban J connectivity index is 1.35. The molecule has 0 radical (unpaired) electrons. The van der Waals surface area contributed by atoms with Crippen LogP contribution in [0.15, 0.2) is 72.9 Å². The maximum absolute atomic E-state index is 15.1. The van der Waals surface area contributed by atoms with E-state index >= 15 is 8.78 Å². The first-order valence-electron chi connectivity index (χ1n) is 20.7. The van der Waals surface area contributed by atoms with Crippen molar-refractivity contribution in [2.75, 3.05) is 19.6 Å². The second kappa shape index (κ2) is 21.1. The fourth-order valence-corrected chi connectivity index (χ4v) is 7.75. The number of amides is 5. The maximum atomic E-state index is 15.1. The van der Waals surface area contributed by atoms with Gasteiger partial charge in [-0.25, -0.2) is 22.0 Å². The number of nitrogens with two attached hydrogens (primary N) is 2. The number of H-pyrrole nitrogens is 1. The monoisotopic (exact) mass is 876 g/mol. The molecule has 0 unspecified atom stereocenters. The summed E-state index contributed by atoms with van der Waals surface area (Å²) < 4.78 is 73.2. The summed E-state index contributed by atoms with van der Waals surface area (Å²) in [6.07, 6.45) is 1.85. The predicted molar refractivity (Wildman–Crippen MR) is 225 cm³/mol. The SMILES string of the molecule is NCCCC[C@H](NC(=O)[C@H](Cc1c(F)c(F)c(F)c(F)c1F)NC(=O)[C@@H](Cc1c[nH]c2ccccc12)NC(=O)[C@@H](Cc1ccc2ccccc2c1)NC(=O)C1CCNCC1)C(N)=O. The maximum Gasteiger partial charge on any atom is 0.243 e. The average Bonchev–Trinajstić information content (AvgIpc) is 3.70. The van der Waals surface area contributed by atoms with Crippen LogP contribution in [0.3, 0.4) is 0 Å². The lowest BCUT2D eigenvalue weighted by Gasteiger charge is -2.28. The quantitative estimate of drug-likeness (QED) is 0.0267. The Morgan fingerprint density at radius 2 is 1.22 bits per heavy atom. The molecule has 10 N–H and O–H groups in total. The lowest BCUT2D eigenvalue weighted by Crippen LogP contribution is -2.59. The van der Waals surface area contributed by atoms with Gasteiger partial charge in [0, 0.05) is 47.8 Å². The van der Waals surface area contributed by atoms with Gasteiger partial charge in [-0.3, -0.25) is 24.0 Å². The van der Waals surface area contributed by atoms with E-state index in [1.54, 1.807) is 30.5 Å². The molecule has 5 amide bonds. The Bertz CT molecular complexity index is 2450. The minimum Gasteiger partial charge on any atom is -0.368 e. The van der Waals surface area contributed by atoms with Crippen molar-refractivity contribution in [1.29, 1.82) is 0 Å². The van der Waals surface area contributed by atoms with E-state index in [9.17, 15) is 37.1 Å². The largest absolute Gasteiger partial charge is 0.368 e. The van der Waals surface area contributed by atoms with Crippen LogP contribution in [0.2, 0.25) is 0 Å². The molecule has 13 nitrogen and oxygen atoms in total. The predicted octanol–water partition coefficient (Wildman–Crippen LogP) is 3.60. The number of unbranched alkanes of at least 4 members (excludes halogenated alkanes) is 1. The minimum atomic E-state index is -2.43. The number of fused-ring (bicyclic) bond motifs is 2. The van der Waals surface area contributed by atoms with Gasteiger partial charge in [0.15, 0.2) is 23.3 Å². The molecule has 2 heterocycles. The van der Waals surface area contributed by atoms with Crippen LogP contribution in [0.5, 0.6) is 0 Å². The fourth-order valence-electron chi connectivity index (χ4n) is 7.75. The van der Waals surface area contributed by atoms with Crippen molar-refractivity contribution in [3.05, 3.63) is 119 Å². The number of aromatic nitrogens is 1. The highest BCUT2D eigenvalue weighted by molar-refractivity contribution is 5.96. The summed E-state index contributed by atoms with van der Waals surface area (Å²) in [6, 6.07) is 13.9. The Kier molecular flexibility index (Phi) is 15.5. The van der Waals surface area contributed by atoms with Crippen LogP contribution in [-0.2, 0) is 43.2 Å². The number of aromatic amines is 1. The normalized spacial score (nSPS) is 15.0. The molecule has 6 rings (SSSR count). The van der Waals surface area contributed by atoms with Crippen LogP contribution in [0, 0.1) is 35.0 Å². The molecule has 0 saturated carbocycles. The van der Waals surface area contributed by atoms with Gasteiger partial charge in [0.25, 0.3) is 0 Å². The second-order valence-corrected chi connectivity index (χ2v) is 15.7. The third-order valence-corrected chi connectivity index (χ3v) is 11.3. The van der Waals surface area contributed by atoms with Gasteiger partial charge in [-0.2, -0.15) is 0 Å². The van der Waals surface area contributed by atoms with Crippen molar-refractivity contribution in [3.63, 3.8) is 0 Å². The molecule has 0 bridgehead atoms. The number of carbonyl (C=O) groups is 5. The van der Waals surface area contributed by atoms with Crippen LogP contribution < -0.4 is 38.1 Å². The molecule has 5 aromatic rings. The van der Waals surface area contributed by atoms with Crippen molar-refractivity contribution >= 4 is 51.2 Å². The smallest absolute Gasteiger partial charge is 0.243 e. The number of primary amides is 1. The number of hydrogen-bond acceptors (Lipinski definition) is 7. The van der Waals surface area contributed by atoms with Crippen LogP contribution in [0.4, 0.5) is 22.0 Å². The second-order valence-electron chi connectivity index (χ2n) is 15.7. The molecule has 0 spiro atoms. The molecule has 63 heavy (non-hydrogen) atoms. The summed E-state index contributed by atoms with van der Waals surface area (Å²) in [6.45, 7) is 1.44. The zero-order valence-electron chi connectivity index (χ0n) is 34.2.